The Kier molecular flexibility index (Phi) is 7.63. The maximum absolute atomic E-state index is 12.6. The van der Waals surface area contributed by atoms with Crippen molar-refractivity contribution in [2.24, 2.45) is 0 Å². The van der Waals surface area contributed by atoms with Gasteiger partial charge in [-0.3, -0.25) is 4.79 Å². The average Bonchev–Trinajstić information content (AvgIpc) is 3.20. The van der Waals surface area contributed by atoms with Gasteiger partial charge in [0.1, 0.15) is 11.6 Å². The van der Waals surface area contributed by atoms with Crippen molar-refractivity contribution in [1.82, 2.24) is 14.9 Å². The number of carbonyl (C=O) groups excluding carboxylic acids is 1. The third-order valence-corrected chi connectivity index (χ3v) is 6.03. The van der Waals surface area contributed by atoms with Crippen LogP contribution in [0, 0.1) is 13.8 Å². The van der Waals surface area contributed by atoms with Crippen LogP contribution in [0.4, 0.5) is 0 Å². The van der Waals surface area contributed by atoms with E-state index in [0.717, 1.165) is 53.1 Å². The van der Waals surface area contributed by atoms with E-state index in [0.29, 0.717) is 13.0 Å². The van der Waals surface area contributed by atoms with Crippen LogP contribution in [0.5, 0.6) is 5.75 Å². The molecule has 1 heterocycles. The highest BCUT2D eigenvalue weighted by Crippen LogP contribution is 2.23. The summed E-state index contributed by atoms with van der Waals surface area (Å²) in [6.07, 6.45) is 2.26. The Hall–Kier alpha value is -3.60. The highest BCUT2D eigenvalue weighted by molar-refractivity contribution is 5.79. The molecular formula is C29H33N3O2. The zero-order valence-corrected chi connectivity index (χ0v) is 20.3. The number of aryl methyl sites for hydroxylation is 3. The van der Waals surface area contributed by atoms with Crippen LogP contribution in [-0.2, 0) is 17.8 Å². The fourth-order valence-electron chi connectivity index (χ4n) is 4.21. The fourth-order valence-corrected chi connectivity index (χ4v) is 4.21. The van der Waals surface area contributed by atoms with Gasteiger partial charge in [-0.15, -0.1) is 0 Å². The van der Waals surface area contributed by atoms with Gasteiger partial charge in [0.05, 0.1) is 30.1 Å². The van der Waals surface area contributed by atoms with Gasteiger partial charge < -0.3 is 14.6 Å². The molecule has 4 rings (SSSR count). The van der Waals surface area contributed by atoms with Crippen LogP contribution in [0.15, 0.2) is 72.8 Å². The van der Waals surface area contributed by atoms with Crippen LogP contribution in [-0.4, -0.2) is 22.1 Å². The lowest BCUT2D eigenvalue weighted by Crippen LogP contribution is -2.30. The minimum absolute atomic E-state index is 0.000713. The summed E-state index contributed by atoms with van der Waals surface area (Å²) in [6.45, 7) is 7.66. The van der Waals surface area contributed by atoms with Gasteiger partial charge in [-0.25, -0.2) is 4.98 Å². The molecule has 0 radical (unpaired) electrons. The van der Waals surface area contributed by atoms with Gasteiger partial charge in [0.15, 0.2) is 0 Å². The summed E-state index contributed by atoms with van der Waals surface area (Å²) in [4.78, 5) is 17.5. The number of amides is 1. The summed E-state index contributed by atoms with van der Waals surface area (Å²) in [6, 6.07) is 24.1. The number of hydrogen-bond donors (Lipinski definition) is 1. The van der Waals surface area contributed by atoms with Crippen molar-refractivity contribution in [2.75, 3.05) is 6.61 Å². The summed E-state index contributed by atoms with van der Waals surface area (Å²) in [5, 5.41) is 3.13. The van der Waals surface area contributed by atoms with Crippen molar-refractivity contribution >= 4 is 16.9 Å². The highest BCUT2D eigenvalue weighted by atomic mass is 16.5. The molecule has 1 atom stereocenters. The molecule has 1 N–H and O–H groups in total. The Balaban J connectivity index is 1.39. The molecule has 0 aliphatic carbocycles. The second-order valence-corrected chi connectivity index (χ2v) is 8.89. The Labute approximate surface area is 201 Å². The second kappa shape index (κ2) is 11.0. The van der Waals surface area contributed by atoms with Crippen LogP contribution in [0.3, 0.4) is 0 Å². The molecule has 5 heteroatoms. The number of nitrogens with one attached hydrogen (secondary N) is 1. The van der Waals surface area contributed by atoms with Crippen LogP contribution >= 0.6 is 0 Å². The maximum atomic E-state index is 12.6. The van der Waals surface area contributed by atoms with Gasteiger partial charge in [0.25, 0.3) is 0 Å². The number of carbonyl (C=O) groups is 1. The van der Waals surface area contributed by atoms with Crippen LogP contribution in [0.1, 0.15) is 48.3 Å². The molecule has 3 aromatic carbocycles. The normalized spacial score (nSPS) is 12.0. The van der Waals surface area contributed by atoms with Crippen molar-refractivity contribution in [2.45, 2.75) is 52.6 Å². The lowest BCUT2D eigenvalue weighted by atomic mass is 10.1. The number of imidazole rings is 1. The van der Waals surface area contributed by atoms with Crippen LogP contribution in [0.2, 0.25) is 0 Å². The van der Waals surface area contributed by atoms with Crippen molar-refractivity contribution in [1.29, 1.82) is 0 Å². The van der Waals surface area contributed by atoms with E-state index in [9.17, 15) is 4.79 Å². The highest BCUT2D eigenvalue weighted by Gasteiger charge is 2.18. The number of benzene rings is 3. The third-order valence-electron chi connectivity index (χ3n) is 6.03. The number of nitrogens with zero attached hydrogens (tertiary/aromatic N) is 2. The van der Waals surface area contributed by atoms with E-state index >= 15 is 0 Å². The van der Waals surface area contributed by atoms with Crippen LogP contribution < -0.4 is 10.1 Å². The lowest BCUT2D eigenvalue weighted by molar-refractivity contribution is -0.121. The topological polar surface area (TPSA) is 56.1 Å². The van der Waals surface area contributed by atoms with E-state index in [1.807, 2.05) is 55.5 Å². The summed E-state index contributed by atoms with van der Waals surface area (Å²) >= 11 is 0. The predicted octanol–water partition coefficient (Wildman–Crippen LogP) is 5.93. The van der Waals surface area contributed by atoms with Gasteiger partial charge in [-0.2, -0.15) is 0 Å². The first-order valence-corrected chi connectivity index (χ1v) is 12.0. The monoisotopic (exact) mass is 455 g/mol. The SMILES string of the molecule is Cc1ccc(C)c(OCCCCn2c(C(C)NC(=O)Cc3ccccc3)nc3ccccc32)c1. The molecule has 1 amide bonds. The van der Waals surface area contributed by atoms with Gasteiger partial charge in [0.2, 0.25) is 5.91 Å². The zero-order chi connectivity index (χ0) is 23.9. The average molecular weight is 456 g/mol. The predicted molar refractivity (Wildman–Crippen MR) is 137 cm³/mol. The maximum Gasteiger partial charge on any atom is 0.224 e. The minimum atomic E-state index is -0.185. The van der Waals surface area contributed by atoms with Gasteiger partial charge in [-0.1, -0.05) is 54.6 Å². The first-order chi connectivity index (χ1) is 16.5. The molecule has 34 heavy (non-hydrogen) atoms. The first kappa shape index (κ1) is 23.6. The number of para-hydroxylation sites is 2. The molecule has 0 saturated carbocycles. The molecule has 0 bridgehead atoms. The molecule has 1 unspecified atom stereocenters. The second-order valence-electron chi connectivity index (χ2n) is 8.89. The standard InChI is InChI=1S/C29H33N3O2/c1-21-15-16-22(2)27(19-21)34-18-10-9-17-32-26-14-8-7-13-25(26)31-29(32)23(3)30-28(33)20-24-11-5-4-6-12-24/h4-8,11-16,19,23H,9-10,17-18,20H2,1-3H3,(H,30,33). The quantitative estimate of drug-likeness (QED) is 0.302. The minimum Gasteiger partial charge on any atom is -0.493 e. The number of fused-ring (bicyclic) bond motifs is 1. The number of rotatable bonds is 10. The number of aromatic nitrogens is 2. The summed E-state index contributed by atoms with van der Waals surface area (Å²) in [5.74, 6) is 1.85. The zero-order valence-electron chi connectivity index (χ0n) is 20.3. The molecule has 176 valence electrons. The van der Waals surface area contributed by atoms with Crippen molar-refractivity contribution in [3.8, 4) is 5.75 Å². The van der Waals surface area contributed by atoms with E-state index in [-0.39, 0.29) is 11.9 Å². The molecule has 5 nitrogen and oxygen atoms in total. The molecule has 0 saturated heterocycles. The number of unbranched alkanes of at least 4 members (excludes halogenated alkanes) is 1. The van der Waals surface area contributed by atoms with Crippen molar-refractivity contribution in [3.63, 3.8) is 0 Å². The smallest absolute Gasteiger partial charge is 0.224 e. The van der Waals surface area contributed by atoms with E-state index in [1.165, 1.54) is 5.56 Å². The lowest BCUT2D eigenvalue weighted by Gasteiger charge is -2.17. The summed E-state index contributed by atoms with van der Waals surface area (Å²) in [7, 11) is 0. The summed E-state index contributed by atoms with van der Waals surface area (Å²) in [5.41, 5.74) is 5.42. The largest absolute Gasteiger partial charge is 0.493 e. The van der Waals surface area contributed by atoms with E-state index in [2.05, 4.69) is 48.0 Å². The third kappa shape index (κ3) is 5.84. The van der Waals surface area contributed by atoms with Gasteiger partial charge >= 0.3 is 0 Å². The Bertz CT molecular complexity index is 1250. The van der Waals surface area contributed by atoms with E-state index in [1.54, 1.807) is 0 Å². The molecule has 0 spiro atoms. The molecule has 4 aromatic rings. The Morgan fingerprint density at radius 1 is 1.00 bits per heavy atom. The summed E-state index contributed by atoms with van der Waals surface area (Å²) < 4.78 is 8.27. The van der Waals surface area contributed by atoms with E-state index in [4.69, 9.17) is 9.72 Å². The molecule has 0 aliphatic rings. The molecule has 1 aromatic heterocycles. The fraction of sp³-hybridized carbons (Fsp3) is 0.310. The van der Waals surface area contributed by atoms with Crippen LogP contribution in [0.25, 0.3) is 11.0 Å². The molecular weight excluding hydrogens is 422 g/mol. The number of hydrogen-bond acceptors (Lipinski definition) is 3. The van der Waals surface area contributed by atoms with E-state index < -0.39 is 0 Å². The van der Waals surface area contributed by atoms with Gasteiger partial charge in [-0.05, 0) is 68.5 Å². The molecule has 0 aliphatic heterocycles. The van der Waals surface area contributed by atoms with Crippen molar-refractivity contribution < 1.29 is 9.53 Å². The van der Waals surface area contributed by atoms with Crippen molar-refractivity contribution in [3.05, 3.63) is 95.3 Å². The van der Waals surface area contributed by atoms with Gasteiger partial charge in [0, 0.05) is 6.54 Å². The Morgan fingerprint density at radius 2 is 1.76 bits per heavy atom. The number of ether oxygens (including phenoxy) is 1. The Morgan fingerprint density at radius 3 is 2.59 bits per heavy atom. The first-order valence-electron chi connectivity index (χ1n) is 12.0. The molecule has 0 fully saturated rings.